The molecule has 4 aromatic rings. The van der Waals surface area contributed by atoms with Crippen molar-refractivity contribution >= 4 is 11.7 Å². The summed E-state index contributed by atoms with van der Waals surface area (Å²) in [5, 5.41) is 13.2. The highest BCUT2D eigenvalue weighted by Gasteiger charge is 2.14. The quantitative estimate of drug-likeness (QED) is 0.101. The van der Waals surface area contributed by atoms with Crippen molar-refractivity contribution < 1.29 is 28.3 Å². The number of nitrogens with zero attached hydrogens (tertiary/aromatic N) is 2. The third-order valence-corrected chi connectivity index (χ3v) is 5.99. The lowest BCUT2D eigenvalue weighted by Crippen LogP contribution is -2.03. The number of aromatic nitrogens is 1. The molecule has 1 N–H and O–H groups in total. The molecule has 0 amide bonds. The van der Waals surface area contributed by atoms with Crippen LogP contribution in [0.25, 0.3) is 11.7 Å². The van der Waals surface area contributed by atoms with Gasteiger partial charge < -0.3 is 23.5 Å². The van der Waals surface area contributed by atoms with E-state index in [-0.39, 0.29) is 13.0 Å². The van der Waals surface area contributed by atoms with Crippen LogP contribution in [0.3, 0.4) is 0 Å². The van der Waals surface area contributed by atoms with Crippen LogP contribution in [0.1, 0.15) is 61.1 Å². The molecule has 0 fully saturated rings. The first-order valence-electron chi connectivity index (χ1n) is 12.8. The number of carboxylic acids is 1. The second-order valence-electron chi connectivity index (χ2n) is 8.92. The number of furan rings is 1. The van der Waals surface area contributed by atoms with Crippen molar-refractivity contribution in [2.45, 2.75) is 58.7 Å². The Balaban J connectivity index is 1.27. The van der Waals surface area contributed by atoms with Crippen LogP contribution in [-0.2, 0) is 22.8 Å². The highest BCUT2D eigenvalue weighted by molar-refractivity contribution is 6.00. The van der Waals surface area contributed by atoms with Crippen molar-refractivity contribution in [1.82, 2.24) is 4.98 Å². The Hall–Kier alpha value is -4.33. The lowest BCUT2D eigenvalue weighted by molar-refractivity contribution is -0.137. The molecule has 0 aliphatic carbocycles. The SMILES string of the molecule is Cc1oc(-c2ccco2)nc1COc1ccc(CO/N=C(/CCCCCCC(=O)O)c2ccccc2)cc1. The number of rotatable bonds is 15. The first-order valence-corrected chi connectivity index (χ1v) is 12.8. The molecule has 2 heterocycles. The Morgan fingerprint density at radius 3 is 2.39 bits per heavy atom. The zero-order chi connectivity index (χ0) is 26.6. The number of aryl methyl sites for hydroxylation is 1. The van der Waals surface area contributed by atoms with E-state index in [4.69, 9.17) is 23.5 Å². The minimum absolute atomic E-state index is 0.221. The van der Waals surface area contributed by atoms with E-state index in [9.17, 15) is 4.79 Å². The lowest BCUT2D eigenvalue weighted by Gasteiger charge is -2.08. The second kappa shape index (κ2) is 13.8. The predicted octanol–water partition coefficient (Wildman–Crippen LogP) is 7.17. The number of oxazole rings is 1. The molecular formula is C30H32N2O6. The Kier molecular flexibility index (Phi) is 9.73. The fourth-order valence-electron chi connectivity index (χ4n) is 3.88. The molecule has 4 rings (SSSR count). The zero-order valence-corrected chi connectivity index (χ0v) is 21.5. The van der Waals surface area contributed by atoms with Gasteiger partial charge in [-0.3, -0.25) is 4.79 Å². The van der Waals surface area contributed by atoms with Gasteiger partial charge in [0.15, 0.2) is 5.76 Å². The molecule has 0 saturated heterocycles. The lowest BCUT2D eigenvalue weighted by atomic mass is 10.0. The molecule has 8 heteroatoms. The van der Waals surface area contributed by atoms with Crippen molar-refractivity contribution in [3.8, 4) is 17.4 Å². The van der Waals surface area contributed by atoms with Gasteiger partial charge in [-0.2, -0.15) is 0 Å². The summed E-state index contributed by atoms with van der Waals surface area (Å²) in [5.41, 5.74) is 3.61. The predicted molar refractivity (Wildman–Crippen MR) is 143 cm³/mol. The molecule has 0 radical (unpaired) electrons. The van der Waals surface area contributed by atoms with Crippen molar-refractivity contribution in [2.24, 2.45) is 5.16 Å². The molecule has 0 atom stereocenters. The third kappa shape index (κ3) is 8.09. The maximum Gasteiger partial charge on any atom is 0.303 e. The highest BCUT2D eigenvalue weighted by atomic mass is 16.6. The van der Waals surface area contributed by atoms with E-state index in [0.717, 1.165) is 42.5 Å². The number of hydrogen-bond acceptors (Lipinski definition) is 7. The minimum atomic E-state index is -0.741. The average molecular weight is 517 g/mol. The fourth-order valence-corrected chi connectivity index (χ4v) is 3.88. The summed E-state index contributed by atoms with van der Waals surface area (Å²) in [6.45, 7) is 2.47. The monoisotopic (exact) mass is 516 g/mol. The summed E-state index contributed by atoms with van der Waals surface area (Å²) in [6, 6.07) is 21.2. The Morgan fingerprint density at radius 1 is 0.921 bits per heavy atom. The zero-order valence-electron chi connectivity index (χ0n) is 21.5. The largest absolute Gasteiger partial charge is 0.487 e. The summed E-state index contributed by atoms with van der Waals surface area (Å²) in [6.07, 6.45) is 6.05. The maximum atomic E-state index is 10.7. The van der Waals surface area contributed by atoms with E-state index in [0.29, 0.717) is 41.9 Å². The summed E-state index contributed by atoms with van der Waals surface area (Å²) in [4.78, 5) is 20.8. The van der Waals surface area contributed by atoms with E-state index < -0.39 is 5.97 Å². The van der Waals surface area contributed by atoms with E-state index >= 15 is 0 Å². The number of aliphatic carboxylic acids is 1. The van der Waals surface area contributed by atoms with E-state index in [1.807, 2.05) is 61.5 Å². The van der Waals surface area contributed by atoms with Crippen molar-refractivity contribution in [3.63, 3.8) is 0 Å². The van der Waals surface area contributed by atoms with Gasteiger partial charge >= 0.3 is 5.97 Å². The molecule has 0 aliphatic rings. The third-order valence-electron chi connectivity index (χ3n) is 5.99. The van der Waals surface area contributed by atoms with Gasteiger partial charge in [-0.05, 0) is 61.6 Å². The van der Waals surface area contributed by atoms with Crippen LogP contribution >= 0.6 is 0 Å². The molecule has 38 heavy (non-hydrogen) atoms. The van der Waals surface area contributed by atoms with Gasteiger partial charge in [-0.1, -0.05) is 60.5 Å². The van der Waals surface area contributed by atoms with Crippen molar-refractivity contribution in [1.29, 1.82) is 0 Å². The molecule has 0 aliphatic heterocycles. The Bertz CT molecular complexity index is 1290. The van der Waals surface area contributed by atoms with Crippen LogP contribution in [0.15, 0.2) is 87.0 Å². The standard InChI is InChI=1S/C30H32N2O6/c1-22-27(31-30(38-22)28-13-9-19-35-28)21-36-25-17-15-23(16-18-25)20-37-32-26(24-10-5-4-6-11-24)12-7-2-3-8-14-29(33)34/h4-6,9-11,13,15-19H,2-3,7-8,12,14,20-21H2,1H3,(H,33,34)/b32-26-. The van der Waals surface area contributed by atoms with Gasteiger partial charge in [0.25, 0.3) is 5.89 Å². The van der Waals surface area contributed by atoms with Crippen molar-refractivity contribution in [2.75, 3.05) is 0 Å². The van der Waals surface area contributed by atoms with Crippen LogP contribution in [0.4, 0.5) is 0 Å². The smallest absolute Gasteiger partial charge is 0.303 e. The van der Waals surface area contributed by atoms with E-state index in [1.54, 1.807) is 18.4 Å². The average Bonchev–Trinajstić information content (AvgIpc) is 3.59. The number of hydrogen-bond donors (Lipinski definition) is 1. The first kappa shape index (κ1) is 26.7. The van der Waals surface area contributed by atoms with Gasteiger partial charge in [0.2, 0.25) is 0 Å². The van der Waals surface area contributed by atoms with Gasteiger partial charge in [-0.15, -0.1) is 0 Å². The highest BCUT2D eigenvalue weighted by Crippen LogP contribution is 2.23. The summed E-state index contributed by atoms with van der Waals surface area (Å²) in [7, 11) is 0. The van der Waals surface area contributed by atoms with Crippen LogP contribution < -0.4 is 4.74 Å². The Labute approximate surface area is 221 Å². The van der Waals surface area contributed by atoms with Crippen LogP contribution in [0.5, 0.6) is 5.75 Å². The number of unbranched alkanes of at least 4 members (excludes halogenated alkanes) is 3. The van der Waals surface area contributed by atoms with Crippen LogP contribution in [0, 0.1) is 6.92 Å². The van der Waals surface area contributed by atoms with Crippen LogP contribution in [0.2, 0.25) is 0 Å². The number of ether oxygens (including phenoxy) is 1. The minimum Gasteiger partial charge on any atom is -0.487 e. The molecule has 0 spiro atoms. The normalized spacial score (nSPS) is 11.4. The molecule has 198 valence electrons. The number of carboxylic acid groups (broad SMARTS) is 1. The summed E-state index contributed by atoms with van der Waals surface area (Å²) in [5.74, 6) is 1.68. The van der Waals surface area contributed by atoms with Crippen LogP contribution in [-0.4, -0.2) is 21.8 Å². The van der Waals surface area contributed by atoms with Crippen molar-refractivity contribution in [3.05, 3.63) is 95.6 Å². The molecule has 8 nitrogen and oxygen atoms in total. The van der Waals surface area contributed by atoms with Gasteiger partial charge in [0.05, 0.1) is 12.0 Å². The summed E-state index contributed by atoms with van der Waals surface area (Å²) < 4.78 is 16.9. The van der Waals surface area contributed by atoms with Gasteiger partial charge in [0, 0.05) is 6.42 Å². The number of oxime groups is 1. The maximum absolute atomic E-state index is 10.7. The molecule has 2 aromatic carbocycles. The Morgan fingerprint density at radius 2 is 1.68 bits per heavy atom. The molecule has 0 unspecified atom stereocenters. The molecular weight excluding hydrogens is 484 g/mol. The fraction of sp³-hybridized carbons (Fsp3) is 0.300. The molecule has 0 saturated carbocycles. The number of carbonyl (C=O) groups is 1. The molecule has 0 bridgehead atoms. The number of benzene rings is 2. The first-order chi connectivity index (χ1) is 18.6. The second-order valence-corrected chi connectivity index (χ2v) is 8.92. The van der Waals surface area contributed by atoms with Gasteiger partial charge in [-0.25, -0.2) is 4.98 Å². The van der Waals surface area contributed by atoms with Gasteiger partial charge in [0.1, 0.15) is 30.4 Å². The van der Waals surface area contributed by atoms with E-state index in [2.05, 4.69) is 10.1 Å². The topological polar surface area (TPSA) is 107 Å². The molecule has 2 aromatic heterocycles. The van der Waals surface area contributed by atoms with E-state index in [1.165, 1.54) is 0 Å². The summed E-state index contributed by atoms with van der Waals surface area (Å²) >= 11 is 0.